The molecule has 0 amide bonds. The minimum atomic E-state index is -0.0312. The van der Waals surface area contributed by atoms with Gasteiger partial charge in [0.1, 0.15) is 0 Å². The molecular weight excluding hydrogens is 240 g/mol. The highest BCUT2D eigenvalue weighted by Crippen LogP contribution is 2.18. The zero-order valence-electron chi connectivity index (χ0n) is 12.7. The van der Waals surface area contributed by atoms with Crippen LogP contribution in [0.3, 0.4) is 0 Å². The summed E-state index contributed by atoms with van der Waals surface area (Å²) in [5.74, 6) is -0.0312. The third-order valence-electron chi connectivity index (χ3n) is 3.74. The van der Waals surface area contributed by atoms with Crippen molar-refractivity contribution in [3.05, 3.63) is 0 Å². The minimum Gasteiger partial charge on any atom is -0.463 e. The van der Waals surface area contributed by atoms with E-state index in [-0.39, 0.29) is 12.1 Å². The predicted molar refractivity (Wildman–Crippen MR) is 77.1 cm³/mol. The zero-order valence-corrected chi connectivity index (χ0v) is 12.7. The standard InChI is InChI=1S/C16H30O3/c1-3-4-5-6-7-10-16(17)19-14(2)11-12-15-9-8-13-18-15/h14-15H,3-13H2,1-2H3/t14-,15-/m0/s1. The van der Waals surface area contributed by atoms with E-state index >= 15 is 0 Å². The second kappa shape index (κ2) is 10.2. The number of esters is 1. The average Bonchev–Trinajstić information content (AvgIpc) is 2.89. The highest BCUT2D eigenvalue weighted by molar-refractivity contribution is 5.69. The number of hydrogen-bond acceptors (Lipinski definition) is 3. The number of carbonyl (C=O) groups is 1. The van der Waals surface area contributed by atoms with E-state index < -0.39 is 0 Å². The molecule has 2 atom stereocenters. The van der Waals surface area contributed by atoms with Gasteiger partial charge in [-0.3, -0.25) is 4.79 Å². The van der Waals surface area contributed by atoms with Crippen LogP contribution in [0.15, 0.2) is 0 Å². The lowest BCUT2D eigenvalue weighted by Gasteiger charge is -2.15. The Labute approximate surface area is 118 Å². The Hall–Kier alpha value is -0.570. The highest BCUT2D eigenvalue weighted by atomic mass is 16.5. The molecular formula is C16H30O3. The molecule has 0 aromatic rings. The maximum atomic E-state index is 11.6. The van der Waals surface area contributed by atoms with Crippen molar-refractivity contribution in [1.29, 1.82) is 0 Å². The van der Waals surface area contributed by atoms with Crippen molar-refractivity contribution < 1.29 is 14.3 Å². The van der Waals surface area contributed by atoms with Crippen LogP contribution in [0.5, 0.6) is 0 Å². The molecule has 0 saturated carbocycles. The average molecular weight is 270 g/mol. The van der Waals surface area contributed by atoms with Crippen LogP contribution in [0.25, 0.3) is 0 Å². The fraction of sp³-hybridized carbons (Fsp3) is 0.938. The molecule has 1 aliphatic heterocycles. The van der Waals surface area contributed by atoms with Crippen LogP contribution in [0.1, 0.15) is 78.1 Å². The molecule has 3 heteroatoms. The van der Waals surface area contributed by atoms with Gasteiger partial charge in [0.15, 0.2) is 0 Å². The number of rotatable bonds is 10. The molecule has 1 saturated heterocycles. The quantitative estimate of drug-likeness (QED) is 0.440. The van der Waals surface area contributed by atoms with Gasteiger partial charge in [-0.15, -0.1) is 0 Å². The van der Waals surface area contributed by atoms with Gasteiger partial charge in [0.05, 0.1) is 12.2 Å². The topological polar surface area (TPSA) is 35.5 Å². The van der Waals surface area contributed by atoms with Crippen molar-refractivity contribution >= 4 is 5.97 Å². The molecule has 0 bridgehead atoms. The summed E-state index contributed by atoms with van der Waals surface area (Å²) in [5, 5.41) is 0. The van der Waals surface area contributed by atoms with E-state index in [0.717, 1.165) is 38.7 Å². The van der Waals surface area contributed by atoms with E-state index in [4.69, 9.17) is 9.47 Å². The van der Waals surface area contributed by atoms with Crippen molar-refractivity contribution in [2.75, 3.05) is 6.61 Å². The third-order valence-corrected chi connectivity index (χ3v) is 3.74. The molecule has 0 spiro atoms. The van der Waals surface area contributed by atoms with Crippen LogP contribution in [-0.4, -0.2) is 24.8 Å². The van der Waals surface area contributed by atoms with E-state index in [0.29, 0.717) is 12.5 Å². The van der Waals surface area contributed by atoms with E-state index in [1.54, 1.807) is 0 Å². The largest absolute Gasteiger partial charge is 0.463 e. The molecule has 3 nitrogen and oxygen atoms in total. The Balaban J connectivity index is 1.97. The van der Waals surface area contributed by atoms with Gasteiger partial charge in [-0.1, -0.05) is 32.6 Å². The maximum absolute atomic E-state index is 11.6. The highest BCUT2D eigenvalue weighted by Gasteiger charge is 2.17. The Morgan fingerprint density at radius 2 is 2.11 bits per heavy atom. The van der Waals surface area contributed by atoms with E-state index in [1.165, 1.54) is 25.7 Å². The molecule has 1 fully saturated rings. The van der Waals surface area contributed by atoms with Crippen LogP contribution in [0, 0.1) is 0 Å². The molecule has 0 radical (unpaired) electrons. The first-order valence-electron chi connectivity index (χ1n) is 8.03. The Bertz CT molecular complexity index is 234. The molecule has 0 aromatic heterocycles. The molecule has 0 aromatic carbocycles. The fourth-order valence-corrected chi connectivity index (χ4v) is 2.51. The van der Waals surface area contributed by atoms with Gasteiger partial charge in [0.25, 0.3) is 0 Å². The van der Waals surface area contributed by atoms with Crippen molar-refractivity contribution in [3.8, 4) is 0 Å². The van der Waals surface area contributed by atoms with Crippen LogP contribution >= 0.6 is 0 Å². The Morgan fingerprint density at radius 1 is 1.32 bits per heavy atom. The van der Waals surface area contributed by atoms with E-state index in [2.05, 4.69) is 6.92 Å². The molecule has 112 valence electrons. The Morgan fingerprint density at radius 3 is 2.79 bits per heavy atom. The summed E-state index contributed by atoms with van der Waals surface area (Å²) >= 11 is 0. The second-order valence-corrected chi connectivity index (χ2v) is 5.68. The number of carbonyl (C=O) groups excluding carboxylic acids is 1. The molecule has 1 heterocycles. The van der Waals surface area contributed by atoms with Crippen LogP contribution < -0.4 is 0 Å². The fourth-order valence-electron chi connectivity index (χ4n) is 2.51. The van der Waals surface area contributed by atoms with Crippen LogP contribution in [0.2, 0.25) is 0 Å². The van der Waals surface area contributed by atoms with E-state index in [9.17, 15) is 4.79 Å². The first kappa shape index (κ1) is 16.5. The zero-order chi connectivity index (χ0) is 13.9. The summed E-state index contributed by atoms with van der Waals surface area (Å²) in [6.45, 7) is 5.09. The van der Waals surface area contributed by atoms with Crippen molar-refractivity contribution in [1.82, 2.24) is 0 Å². The van der Waals surface area contributed by atoms with Gasteiger partial charge in [0, 0.05) is 13.0 Å². The molecule has 19 heavy (non-hydrogen) atoms. The van der Waals surface area contributed by atoms with Gasteiger partial charge in [-0.25, -0.2) is 0 Å². The van der Waals surface area contributed by atoms with Gasteiger partial charge >= 0.3 is 5.97 Å². The van der Waals surface area contributed by atoms with Gasteiger partial charge in [-0.05, 0) is 39.0 Å². The van der Waals surface area contributed by atoms with Crippen LogP contribution in [-0.2, 0) is 14.3 Å². The lowest BCUT2D eigenvalue weighted by atomic mass is 10.1. The molecule has 0 N–H and O–H groups in total. The number of unbranched alkanes of at least 4 members (excludes halogenated alkanes) is 4. The Kier molecular flexibility index (Phi) is 8.89. The SMILES string of the molecule is CCCCCCCC(=O)O[C@@H](C)CC[C@@H]1CCCO1. The summed E-state index contributed by atoms with van der Waals surface area (Å²) in [7, 11) is 0. The molecule has 0 aliphatic carbocycles. The van der Waals surface area contributed by atoms with Crippen LogP contribution in [0.4, 0.5) is 0 Å². The summed E-state index contributed by atoms with van der Waals surface area (Å²) < 4.78 is 11.0. The maximum Gasteiger partial charge on any atom is 0.306 e. The second-order valence-electron chi connectivity index (χ2n) is 5.68. The smallest absolute Gasteiger partial charge is 0.306 e. The first-order valence-corrected chi connectivity index (χ1v) is 8.03. The summed E-state index contributed by atoms with van der Waals surface area (Å²) in [6, 6.07) is 0. The van der Waals surface area contributed by atoms with Crippen molar-refractivity contribution in [3.63, 3.8) is 0 Å². The first-order chi connectivity index (χ1) is 9.22. The lowest BCUT2D eigenvalue weighted by Crippen LogP contribution is -2.17. The third kappa shape index (κ3) is 8.25. The lowest BCUT2D eigenvalue weighted by molar-refractivity contribution is -0.148. The summed E-state index contributed by atoms with van der Waals surface area (Å²) in [6.07, 6.45) is 11.2. The van der Waals surface area contributed by atoms with Crippen molar-refractivity contribution in [2.24, 2.45) is 0 Å². The van der Waals surface area contributed by atoms with Gasteiger partial charge in [0.2, 0.25) is 0 Å². The molecule has 0 unspecified atom stereocenters. The number of ether oxygens (including phenoxy) is 2. The molecule has 1 rings (SSSR count). The number of hydrogen-bond donors (Lipinski definition) is 0. The predicted octanol–water partition coefficient (Wildman–Crippen LogP) is 4.24. The summed E-state index contributed by atoms with van der Waals surface area (Å²) in [4.78, 5) is 11.6. The van der Waals surface area contributed by atoms with E-state index in [1.807, 2.05) is 6.92 Å². The van der Waals surface area contributed by atoms with Crippen molar-refractivity contribution in [2.45, 2.75) is 90.3 Å². The monoisotopic (exact) mass is 270 g/mol. The summed E-state index contributed by atoms with van der Waals surface area (Å²) in [5.41, 5.74) is 0. The molecule has 1 aliphatic rings. The van der Waals surface area contributed by atoms with Gasteiger partial charge in [-0.2, -0.15) is 0 Å². The minimum absolute atomic E-state index is 0.0312. The van der Waals surface area contributed by atoms with Gasteiger partial charge < -0.3 is 9.47 Å². The normalized spacial score (nSPS) is 20.4.